The molecule has 2 aromatic rings. The summed E-state index contributed by atoms with van der Waals surface area (Å²) in [6, 6.07) is 9.85. The number of carbonyl (C=O) groups is 1. The minimum absolute atomic E-state index is 0.0932. The number of benzene rings is 2. The summed E-state index contributed by atoms with van der Waals surface area (Å²) in [5.41, 5.74) is 4.64. The molecule has 0 fully saturated rings. The fourth-order valence-electron chi connectivity index (χ4n) is 3.99. The van der Waals surface area contributed by atoms with Crippen molar-refractivity contribution in [1.82, 2.24) is 0 Å². The van der Waals surface area contributed by atoms with Crippen molar-refractivity contribution >= 4 is 23.2 Å². The fraction of sp³-hybridized carbons (Fsp3) is 0.320. The van der Waals surface area contributed by atoms with E-state index in [2.05, 4.69) is 31.2 Å². The molecule has 0 spiro atoms. The van der Waals surface area contributed by atoms with Crippen LogP contribution in [0.25, 0.3) is 11.6 Å². The number of allylic oxidation sites excluding steroid dienone is 1. The van der Waals surface area contributed by atoms with Crippen LogP contribution in [-0.2, 0) is 4.79 Å². The van der Waals surface area contributed by atoms with Crippen molar-refractivity contribution in [3.63, 3.8) is 0 Å². The Morgan fingerprint density at radius 2 is 1.60 bits per heavy atom. The number of aryl methyl sites for hydroxylation is 1. The van der Waals surface area contributed by atoms with Crippen LogP contribution < -0.4 is 19.1 Å². The summed E-state index contributed by atoms with van der Waals surface area (Å²) in [6.07, 6.45) is 5.49. The Morgan fingerprint density at radius 1 is 0.967 bits per heavy atom. The van der Waals surface area contributed by atoms with Crippen LogP contribution >= 0.6 is 0 Å². The molecule has 5 heteroatoms. The highest BCUT2D eigenvalue weighted by molar-refractivity contribution is 6.08. The van der Waals surface area contributed by atoms with Gasteiger partial charge in [-0.15, -0.1) is 0 Å². The van der Waals surface area contributed by atoms with Crippen molar-refractivity contribution in [2.75, 3.05) is 26.2 Å². The van der Waals surface area contributed by atoms with Gasteiger partial charge in [0.25, 0.3) is 5.91 Å². The van der Waals surface area contributed by atoms with Crippen molar-refractivity contribution < 1.29 is 19.0 Å². The Bertz CT molecular complexity index is 1010. The molecule has 1 aliphatic rings. The molecule has 0 unspecified atom stereocenters. The van der Waals surface area contributed by atoms with Gasteiger partial charge < -0.3 is 14.2 Å². The maximum atomic E-state index is 13.3. The maximum absolute atomic E-state index is 13.3. The molecule has 3 rings (SSSR count). The highest BCUT2D eigenvalue weighted by Crippen LogP contribution is 2.40. The number of nitrogens with zero attached hydrogens (tertiary/aromatic N) is 1. The zero-order valence-electron chi connectivity index (χ0n) is 18.7. The molecule has 1 aliphatic heterocycles. The predicted octanol–water partition coefficient (Wildman–Crippen LogP) is 5.26. The van der Waals surface area contributed by atoms with Crippen molar-refractivity contribution in [1.29, 1.82) is 0 Å². The smallest absolute Gasteiger partial charge is 0.251 e. The van der Waals surface area contributed by atoms with E-state index in [0.29, 0.717) is 17.2 Å². The lowest BCUT2D eigenvalue weighted by molar-refractivity contribution is -0.114. The van der Waals surface area contributed by atoms with Crippen LogP contribution in [0.5, 0.6) is 17.2 Å². The van der Waals surface area contributed by atoms with Crippen LogP contribution in [0, 0.1) is 6.92 Å². The molecule has 0 aromatic heterocycles. The third kappa shape index (κ3) is 3.92. The number of carbonyl (C=O) groups excluding carboxylic acids is 1. The van der Waals surface area contributed by atoms with E-state index < -0.39 is 5.54 Å². The van der Waals surface area contributed by atoms with Crippen LogP contribution in [0.4, 0.5) is 5.69 Å². The number of amides is 1. The Hall–Kier alpha value is -3.21. The fourth-order valence-corrected chi connectivity index (χ4v) is 3.99. The van der Waals surface area contributed by atoms with Crippen LogP contribution in [0.15, 0.2) is 42.5 Å². The van der Waals surface area contributed by atoms with E-state index in [1.54, 1.807) is 33.5 Å². The number of hydrogen-bond donors (Lipinski definition) is 0. The van der Waals surface area contributed by atoms with Gasteiger partial charge in [-0.05, 0) is 68.7 Å². The lowest BCUT2D eigenvalue weighted by Crippen LogP contribution is -2.48. The first-order chi connectivity index (χ1) is 14.2. The van der Waals surface area contributed by atoms with Crippen molar-refractivity contribution in [3.8, 4) is 17.2 Å². The molecule has 0 aliphatic carbocycles. The molecular formula is C25H29NO4. The summed E-state index contributed by atoms with van der Waals surface area (Å²) in [6.45, 7) is 8.22. The first-order valence-corrected chi connectivity index (χ1v) is 9.84. The van der Waals surface area contributed by atoms with E-state index in [0.717, 1.165) is 22.4 Å². The molecule has 0 N–H and O–H groups in total. The Balaban J connectivity index is 2.00. The molecule has 158 valence electrons. The molecule has 5 nitrogen and oxygen atoms in total. The SMILES string of the molecule is COc1cc(C=CC(=O)N2c3cc(C)ccc3C(C)=CC2(C)C)cc(OC)c1OC. The summed E-state index contributed by atoms with van der Waals surface area (Å²) in [5, 5.41) is 0. The second kappa shape index (κ2) is 8.27. The van der Waals surface area contributed by atoms with Gasteiger partial charge in [-0.3, -0.25) is 9.69 Å². The molecule has 30 heavy (non-hydrogen) atoms. The normalized spacial score (nSPS) is 14.9. The lowest BCUT2D eigenvalue weighted by atomic mass is 9.88. The molecule has 0 atom stereocenters. The summed E-state index contributed by atoms with van der Waals surface area (Å²) < 4.78 is 16.2. The monoisotopic (exact) mass is 407 g/mol. The van der Waals surface area contributed by atoms with E-state index in [1.807, 2.05) is 37.8 Å². The van der Waals surface area contributed by atoms with Crippen LogP contribution in [-0.4, -0.2) is 32.8 Å². The molecule has 0 saturated heterocycles. The number of fused-ring (bicyclic) bond motifs is 1. The van der Waals surface area contributed by atoms with Crippen molar-refractivity contribution in [2.45, 2.75) is 33.2 Å². The largest absolute Gasteiger partial charge is 0.493 e. The number of ether oxygens (including phenoxy) is 3. The van der Waals surface area contributed by atoms with Crippen LogP contribution in [0.1, 0.15) is 37.5 Å². The quantitative estimate of drug-likeness (QED) is 0.634. The molecule has 0 saturated carbocycles. The van der Waals surface area contributed by atoms with Crippen LogP contribution in [0.3, 0.4) is 0 Å². The minimum atomic E-state index is -0.443. The molecule has 0 bridgehead atoms. The topological polar surface area (TPSA) is 48.0 Å². The highest BCUT2D eigenvalue weighted by atomic mass is 16.5. The first kappa shape index (κ1) is 21.5. The summed E-state index contributed by atoms with van der Waals surface area (Å²) in [5.74, 6) is 1.51. The maximum Gasteiger partial charge on any atom is 0.251 e. The van der Waals surface area contributed by atoms with Gasteiger partial charge in [-0.2, -0.15) is 0 Å². The highest BCUT2D eigenvalue weighted by Gasteiger charge is 2.34. The van der Waals surface area contributed by atoms with Gasteiger partial charge in [0.05, 0.1) is 32.6 Å². The average Bonchev–Trinajstić information content (AvgIpc) is 2.70. The molecule has 0 radical (unpaired) electrons. The zero-order valence-corrected chi connectivity index (χ0v) is 18.7. The first-order valence-electron chi connectivity index (χ1n) is 9.84. The van der Waals surface area contributed by atoms with Gasteiger partial charge in [-0.1, -0.05) is 18.2 Å². The number of hydrogen-bond acceptors (Lipinski definition) is 4. The molecule has 2 aromatic carbocycles. The van der Waals surface area contributed by atoms with Gasteiger partial charge in [-0.25, -0.2) is 0 Å². The zero-order chi connectivity index (χ0) is 22.1. The van der Waals surface area contributed by atoms with Crippen LogP contribution in [0.2, 0.25) is 0 Å². The number of anilines is 1. The summed E-state index contributed by atoms with van der Waals surface area (Å²) >= 11 is 0. The lowest BCUT2D eigenvalue weighted by Gasteiger charge is -2.41. The van der Waals surface area contributed by atoms with E-state index >= 15 is 0 Å². The molecular weight excluding hydrogens is 378 g/mol. The van der Waals surface area contributed by atoms with Gasteiger partial charge >= 0.3 is 0 Å². The Labute approximate surface area is 178 Å². The van der Waals surface area contributed by atoms with Gasteiger partial charge in [0.15, 0.2) is 11.5 Å². The third-order valence-corrected chi connectivity index (χ3v) is 5.29. The van der Waals surface area contributed by atoms with E-state index in [1.165, 1.54) is 5.57 Å². The Kier molecular flexibility index (Phi) is 5.92. The van der Waals surface area contributed by atoms with Gasteiger partial charge in [0, 0.05) is 11.6 Å². The van der Waals surface area contributed by atoms with E-state index in [4.69, 9.17) is 14.2 Å². The standard InChI is InChI=1S/C25H29NO4/c1-16-8-10-19-17(2)15-25(3,4)26(20(19)12-16)23(27)11-9-18-13-21(28-5)24(30-7)22(14-18)29-6/h8-15H,1-7H3. The molecule has 1 amide bonds. The van der Waals surface area contributed by atoms with Gasteiger partial charge in [0.2, 0.25) is 5.75 Å². The van der Waals surface area contributed by atoms with E-state index in [-0.39, 0.29) is 5.91 Å². The predicted molar refractivity (Wildman–Crippen MR) is 122 cm³/mol. The number of rotatable bonds is 5. The van der Waals surface area contributed by atoms with Crippen molar-refractivity contribution in [3.05, 3.63) is 59.2 Å². The Morgan fingerprint density at radius 3 is 2.17 bits per heavy atom. The van der Waals surface area contributed by atoms with E-state index in [9.17, 15) is 4.79 Å². The van der Waals surface area contributed by atoms with Gasteiger partial charge in [0.1, 0.15) is 0 Å². The summed E-state index contributed by atoms with van der Waals surface area (Å²) in [4.78, 5) is 15.2. The summed E-state index contributed by atoms with van der Waals surface area (Å²) in [7, 11) is 4.70. The average molecular weight is 408 g/mol. The molecule has 1 heterocycles. The second-order valence-electron chi connectivity index (χ2n) is 7.97. The minimum Gasteiger partial charge on any atom is -0.493 e. The van der Waals surface area contributed by atoms with Crippen molar-refractivity contribution in [2.24, 2.45) is 0 Å². The third-order valence-electron chi connectivity index (χ3n) is 5.29. The second-order valence-corrected chi connectivity index (χ2v) is 7.97. The number of methoxy groups -OCH3 is 3.